The average Bonchev–Trinajstić information content (AvgIpc) is 2.46. The fourth-order valence-electron chi connectivity index (χ4n) is 2.23. The third kappa shape index (κ3) is 3.41. The second kappa shape index (κ2) is 6.68. The number of piperidine rings is 1. The van der Waals surface area contributed by atoms with Crippen LogP contribution >= 0.6 is 0 Å². The SMILES string of the molecule is NCc1ccnc(N2CCC(OCCO)CC2)c1. The average molecular weight is 251 g/mol. The van der Waals surface area contributed by atoms with Gasteiger partial charge in [0.2, 0.25) is 0 Å². The molecule has 1 aliphatic rings. The fraction of sp³-hybridized carbons (Fsp3) is 0.615. The van der Waals surface area contributed by atoms with Crippen molar-refractivity contribution in [3.8, 4) is 0 Å². The molecule has 0 amide bonds. The maximum absolute atomic E-state index is 8.73. The van der Waals surface area contributed by atoms with Crippen molar-refractivity contribution in [1.82, 2.24) is 4.98 Å². The van der Waals surface area contributed by atoms with Crippen molar-refractivity contribution >= 4 is 5.82 Å². The first-order chi connectivity index (χ1) is 8.83. The summed E-state index contributed by atoms with van der Waals surface area (Å²) in [7, 11) is 0. The first-order valence-corrected chi connectivity index (χ1v) is 6.46. The molecular formula is C13H21N3O2. The van der Waals surface area contributed by atoms with E-state index in [4.69, 9.17) is 15.6 Å². The highest BCUT2D eigenvalue weighted by Crippen LogP contribution is 2.20. The summed E-state index contributed by atoms with van der Waals surface area (Å²) in [6.45, 7) is 2.96. The number of rotatable bonds is 5. The Bertz CT molecular complexity index is 365. The van der Waals surface area contributed by atoms with E-state index in [0.29, 0.717) is 13.2 Å². The van der Waals surface area contributed by atoms with Gasteiger partial charge in [0.1, 0.15) is 5.82 Å². The molecule has 1 fully saturated rings. The number of hydrogen-bond acceptors (Lipinski definition) is 5. The van der Waals surface area contributed by atoms with Crippen LogP contribution < -0.4 is 10.6 Å². The molecule has 1 aliphatic heterocycles. The molecule has 5 nitrogen and oxygen atoms in total. The molecule has 0 spiro atoms. The summed E-state index contributed by atoms with van der Waals surface area (Å²) in [5.74, 6) is 0.999. The number of pyridine rings is 1. The molecule has 0 bridgehead atoms. The Balaban J connectivity index is 1.88. The van der Waals surface area contributed by atoms with E-state index in [0.717, 1.165) is 37.3 Å². The Morgan fingerprint density at radius 3 is 2.89 bits per heavy atom. The highest BCUT2D eigenvalue weighted by molar-refractivity contribution is 5.41. The molecule has 0 aromatic carbocycles. The zero-order chi connectivity index (χ0) is 12.8. The number of aliphatic hydroxyl groups is 1. The second-order valence-electron chi connectivity index (χ2n) is 4.51. The number of aliphatic hydroxyl groups excluding tert-OH is 1. The van der Waals surface area contributed by atoms with Crippen molar-refractivity contribution in [3.63, 3.8) is 0 Å². The quantitative estimate of drug-likeness (QED) is 0.798. The lowest BCUT2D eigenvalue weighted by molar-refractivity contribution is 0.0158. The Kier molecular flexibility index (Phi) is 4.92. The second-order valence-corrected chi connectivity index (χ2v) is 4.51. The first-order valence-electron chi connectivity index (χ1n) is 6.46. The van der Waals surface area contributed by atoms with Crippen LogP contribution in [-0.2, 0) is 11.3 Å². The van der Waals surface area contributed by atoms with Gasteiger partial charge in [-0.3, -0.25) is 0 Å². The number of nitrogens with two attached hydrogens (primary N) is 1. The molecule has 0 unspecified atom stereocenters. The van der Waals surface area contributed by atoms with E-state index in [1.165, 1.54) is 0 Å². The van der Waals surface area contributed by atoms with E-state index in [-0.39, 0.29) is 12.7 Å². The van der Waals surface area contributed by atoms with Crippen LogP contribution in [0, 0.1) is 0 Å². The molecule has 100 valence electrons. The van der Waals surface area contributed by atoms with Gasteiger partial charge in [-0.1, -0.05) is 0 Å². The van der Waals surface area contributed by atoms with Crippen LogP contribution in [0.1, 0.15) is 18.4 Å². The molecule has 5 heteroatoms. The topological polar surface area (TPSA) is 71.6 Å². The largest absolute Gasteiger partial charge is 0.394 e. The minimum atomic E-state index is 0.0975. The predicted octanol–water partition coefficient (Wildman–Crippen LogP) is 0.518. The van der Waals surface area contributed by atoms with Gasteiger partial charge in [0.15, 0.2) is 0 Å². The van der Waals surface area contributed by atoms with Crippen LogP contribution in [0.4, 0.5) is 5.82 Å². The standard InChI is InChI=1S/C13H21N3O2/c14-10-11-1-4-15-13(9-11)16-5-2-12(3-6-16)18-8-7-17/h1,4,9,12,17H,2-3,5-8,10,14H2. The lowest BCUT2D eigenvalue weighted by Crippen LogP contribution is -2.37. The first kappa shape index (κ1) is 13.3. The lowest BCUT2D eigenvalue weighted by atomic mass is 10.1. The molecule has 1 aromatic heterocycles. The van der Waals surface area contributed by atoms with Gasteiger partial charge < -0.3 is 20.5 Å². The predicted molar refractivity (Wildman–Crippen MR) is 70.4 cm³/mol. The zero-order valence-electron chi connectivity index (χ0n) is 10.6. The molecule has 0 atom stereocenters. The van der Waals surface area contributed by atoms with Gasteiger partial charge in [-0.25, -0.2) is 4.98 Å². The third-order valence-corrected chi connectivity index (χ3v) is 3.26. The summed E-state index contributed by atoms with van der Waals surface area (Å²) in [6, 6.07) is 4.00. The van der Waals surface area contributed by atoms with Gasteiger partial charge in [-0.15, -0.1) is 0 Å². The number of ether oxygens (including phenoxy) is 1. The van der Waals surface area contributed by atoms with Crippen molar-refractivity contribution in [1.29, 1.82) is 0 Å². The molecule has 2 heterocycles. The van der Waals surface area contributed by atoms with Crippen LogP contribution in [0.15, 0.2) is 18.3 Å². The summed E-state index contributed by atoms with van der Waals surface area (Å²) < 4.78 is 5.54. The van der Waals surface area contributed by atoms with Crippen LogP contribution in [-0.4, -0.2) is 42.5 Å². The molecule has 1 saturated heterocycles. The summed E-state index contributed by atoms with van der Waals surface area (Å²) >= 11 is 0. The Hall–Kier alpha value is -1.17. The highest BCUT2D eigenvalue weighted by atomic mass is 16.5. The molecule has 1 aromatic rings. The number of anilines is 1. The number of nitrogens with zero attached hydrogens (tertiary/aromatic N) is 2. The van der Waals surface area contributed by atoms with Gasteiger partial charge in [-0.05, 0) is 30.5 Å². The van der Waals surface area contributed by atoms with Crippen LogP contribution in [0.5, 0.6) is 0 Å². The molecular weight excluding hydrogens is 230 g/mol. The van der Waals surface area contributed by atoms with Gasteiger partial charge in [-0.2, -0.15) is 0 Å². The van der Waals surface area contributed by atoms with Gasteiger partial charge in [0.25, 0.3) is 0 Å². The maximum Gasteiger partial charge on any atom is 0.128 e. The summed E-state index contributed by atoms with van der Waals surface area (Å²) in [5.41, 5.74) is 6.75. The van der Waals surface area contributed by atoms with E-state index in [1.807, 2.05) is 12.3 Å². The number of aromatic nitrogens is 1. The summed E-state index contributed by atoms with van der Waals surface area (Å²) in [5, 5.41) is 8.73. The Morgan fingerprint density at radius 2 is 2.22 bits per heavy atom. The van der Waals surface area contributed by atoms with Crippen LogP contribution in [0.3, 0.4) is 0 Å². The summed E-state index contributed by atoms with van der Waals surface area (Å²) in [4.78, 5) is 6.65. The van der Waals surface area contributed by atoms with E-state index >= 15 is 0 Å². The molecule has 0 saturated carbocycles. The van der Waals surface area contributed by atoms with Crippen LogP contribution in [0.25, 0.3) is 0 Å². The Morgan fingerprint density at radius 1 is 1.44 bits per heavy atom. The molecule has 3 N–H and O–H groups in total. The van der Waals surface area contributed by atoms with Crippen molar-refractivity contribution in [2.75, 3.05) is 31.2 Å². The van der Waals surface area contributed by atoms with Crippen molar-refractivity contribution < 1.29 is 9.84 Å². The molecule has 18 heavy (non-hydrogen) atoms. The maximum atomic E-state index is 8.73. The molecule has 0 radical (unpaired) electrons. The van der Waals surface area contributed by atoms with Crippen molar-refractivity contribution in [3.05, 3.63) is 23.9 Å². The lowest BCUT2D eigenvalue weighted by Gasteiger charge is -2.32. The Labute approximate surface area is 108 Å². The van der Waals surface area contributed by atoms with Gasteiger partial charge >= 0.3 is 0 Å². The van der Waals surface area contributed by atoms with E-state index in [9.17, 15) is 0 Å². The van der Waals surface area contributed by atoms with E-state index in [2.05, 4.69) is 16.0 Å². The fourth-order valence-corrected chi connectivity index (χ4v) is 2.23. The number of hydrogen-bond donors (Lipinski definition) is 2. The van der Waals surface area contributed by atoms with Crippen molar-refractivity contribution in [2.24, 2.45) is 5.73 Å². The van der Waals surface area contributed by atoms with Gasteiger partial charge in [0.05, 0.1) is 19.3 Å². The normalized spacial score (nSPS) is 17.1. The summed E-state index contributed by atoms with van der Waals surface area (Å²) in [6.07, 6.45) is 4.04. The molecule has 2 rings (SSSR count). The monoisotopic (exact) mass is 251 g/mol. The molecule has 0 aliphatic carbocycles. The minimum Gasteiger partial charge on any atom is -0.394 e. The zero-order valence-corrected chi connectivity index (χ0v) is 10.6. The van der Waals surface area contributed by atoms with E-state index < -0.39 is 0 Å². The van der Waals surface area contributed by atoms with Crippen molar-refractivity contribution in [2.45, 2.75) is 25.5 Å². The third-order valence-electron chi connectivity index (χ3n) is 3.26. The van der Waals surface area contributed by atoms with Gasteiger partial charge in [0, 0.05) is 25.8 Å². The smallest absolute Gasteiger partial charge is 0.128 e. The minimum absolute atomic E-state index is 0.0975. The highest BCUT2D eigenvalue weighted by Gasteiger charge is 2.20. The van der Waals surface area contributed by atoms with Crippen LogP contribution in [0.2, 0.25) is 0 Å². The van der Waals surface area contributed by atoms with E-state index in [1.54, 1.807) is 0 Å².